The van der Waals surface area contributed by atoms with Crippen LogP contribution in [0.5, 0.6) is 11.5 Å². The second-order valence-electron chi connectivity index (χ2n) is 3.81. The first kappa shape index (κ1) is 15.2. The molecule has 0 aliphatic rings. The fraction of sp³-hybridized carbons (Fsp3) is 0. The minimum Gasteiger partial charge on any atom is -0.455 e. The van der Waals surface area contributed by atoms with Crippen molar-refractivity contribution in [3.05, 3.63) is 55.9 Å². The maximum absolute atomic E-state index is 8.64. The Bertz CT molecular complexity index is 677. The smallest absolute Gasteiger partial charge is 0.170 e. The van der Waals surface area contributed by atoms with Crippen molar-refractivity contribution in [2.75, 3.05) is 0 Å². The molecule has 3 N–H and O–H groups in total. The molecule has 0 spiro atoms. The molecule has 0 amide bonds. The molecule has 0 radical (unpaired) electrons. The molecule has 2 aromatic rings. The van der Waals surface area contributed by atoms with Crippen LogP contribution in [0.2, 0.25) is 5.02 Å². The molecule has 20 heavy (non-hydrogen) atoms. The first-order valence-electron chi connectivity index (χ1n) is 5.41. The standard InChI is InChI=1S/C13H9Br2ClN2O2/c14-8-2-3-10(16)12(6-8)20-11-4-1-7(5-9(11)15)13(17)18-19/h1-6,19H,(H2,17,18). The van der Waals surface area contributed by atoms with Crippen LogP contribution in [-0.2, 0) is 0 Å². The normalized spacial score (nSPS) is 11.4. The van der Waals surface area contributed by atoms with E-state index in [2.05, 4.69) is 37.0 Å². The molecule has 2 aromatic carbocycles. The molecule has 0 bridgehead atoms. The molecule has 0 aliphatic heterocycles. The highest BCUT2D eigenvalue weighted by Crippen LogP contribution is 2.35. The van der Waals surface area contributed by atoms with Crippen LogP contribution in [0.25, 0.3) is 0 Å². The minimum atomic E-state index is 0.0257. The van der Waals surface area contributed by atoms with E-state index in [-0.39, 0.29) is 5.84 Å². The predicted molar refractivity (Wildman–Crippen MR) is 85.9 cm³/mol. The molecule has 0 aromatic heterocycles. The second kappa shape index (κ2) is 6.47. The number of hydrogen-bond donors (Lipinski definition) is 2. The summed E-state index contributed by atoms with van der Waals surface area (Å²) in [6.07, 6.45) is 0. The van der Waals surface area contributed by atoms with Crippen LogP contribution in [-0.4, -0.2) is 11.0 Å². The van der Waals surface area contributed by atoms with E-state index in [0.29, 0.717) is 26.6 Å². The third kappa shape index (κ3) is 3.45. The number of amidine groups is 1. The van der Waals surface area contributed by atoms with E-state index >= 15 is 0 Å². The van der Waals surface area contributed by atoms with Gasteiger partial charge in [-0.1, -0.05) is 32.7 Å². The van der Waals surface area contributed by atoms with Crippen molar-refractivity contribution in [1.82, 2.24) is 0 Å². The van der Waals surface area contributed by atoms with Crippen LogP contribution in [0.1, 0.15) is 5.56 Å². The molecule has 0 heterocycles. The number of nitrogens with two attached hydrogens (primary N) is 1. The molecule has 0 aliphatic carbocycles. The lowest BCUT2D eigenvalue weighted by Crippen LogP contribution is -2.12. The Morgan fingerprint density at radius 2 is 1.90 bits per heavy atom. The highest BCUT2D eigenvalue weighted by atomic mass is 79.9. The summed E-state index contributed by atoms with van der Waals surface area (Å²) in [5, 5.41) is 12.1. The number of nitrogens with zero attached hydrogens (tertiary/aromatic N) is 1. The fourth-order valence-electron chi connectivity index (χ4n) is 1.47. The second-order valence-corrected chi connectivity index (χ2v) is 5.98. The minimum absolute atomic E-state index is 0.0257. The SMILES string of the molecule is N/C(=N/O)c1ccc(Oc2cc(Br)ccc2Cl)c(Br)c1. The van der Waals surface area contributed by atoms with Gasteiger partial charge in [-0.25, -0.2) is 0 Å². The summed E-state index contributed by atoms with van der Waals surface area (Å²) in [6, 6.07) is 10.4. The van der Waals surface area contributed by atoms with Crippen LogP contribution in [0, 0.1) is 0 Å². The number of halogens is 3. The van der Waals surface area contributed by atoms with Gasteiger partial charge in [-0.05, 0) is 52.3 Å². The molecule has 0 saturated heterocycles. The number of rotatable bonds is 3. The molecular formula is C13H9Br2ClN2O2. The molecule has 0 unspecified atom stereocenters. The van der Waals surface area contributed by atoms with Crippen molar-refractivity contribution in [2.24, 2.45) is 10.9 Å². The molecule has 7 heteroatoms. The van der Waals surface area contributed by atoms with Gasteiger partial charge in [0.2, 0.25) is 0 Å². The zero-order chi connectivity index (χ0) is 14.7. The van der Waals surface area contributed by atoms with Crippen LogP contribution in [0.4, 0.5) is 0 Å². The van der Waals surface area contributed by atoms with Gasteiger partial charge in [-0.2, -0.15) is 0 Å². The van der Waals surface area contributed by atoms with Gasteiger partial charge in [0.05, 0.1) is 9.50 Å². The molecular weight excluding hydrogens is 411 g/mol. The number of oxime groups is 1. The summed E-state index contributed by atoms with van der Waals surface area (Å²) in [4.78, 5) is 0. The van der Waals surface area contributed by atoms with Crippen molar-refractivity contribution in [2.45, 2.75) is 0 Å². The maximum atomic E-state index is 8.64. The van der Waals surface area contributed by atoms with E-state index in [1.165, 1.54) is 0 Å². The monoisotopic (exact) mass is 418 g/mol. The van der Waals surface area contributed by atoms with Crippen LogP contribution >= 0.6 is 43.5 Å². The Labute approximate surface area is 137 Å². The highest BCUT2D eigenvalue weighted by Gasteiger charge is 2.09. The highest BCUT2D eigenvalue weighted by molar-refractivity contribution is 9.10. The van der Waals surface area contributed by atoms with E-state index in [1.54, 1.807) is 30.3 Å². The van der Waals surface area contributed by atoms with Gasteiger partial charge < -0.3 is 15.7 Å². The van der Waals surface area contributed by atoms with Crippen LogP contribution in [0.15, 0.2) is 50.5 Å². The third-order valence-electron chi connectivity index (χ3n) is 2.45. The number of hydrogen-bond acceptors (Lipinski definition) is 3. The third-order valence-corrected chi connectivity index (χ3v) is 3.87. The van der Waals surface area contributed by atoms with Crippen molar-refractivity contribution in [1.29, 1.82) is 0 Å². The Morgan fingerprint density at radius 3 is 2.55 bits per heavy atom. The van der Waals surface area contributed by atoms with Gasteiger partial charge in [0.25, 0.3) is 0 Å². The van der Waals surface area contributed by atoms with E-state index in [4.69, 9.17) is 27.3 Å². The zero-order valence-corrected chi connectivity index (χ0v) is 13.9. The van der Waals surface area contributed by atoms with Gasteiger partial charge in [0.15, 0.2) is 5.84 Å². The average Bonchev–Trinajstić information content (AvgIpc) is 2.44. The quantitative estimate of drug-likeness (QED) is 0.326. The Balaban J connectivity index is 2.33. The number of benzene rings is 2. The lowest BCUT2D eigenvalue weighted by Gasteiger charge is -2.10. The van der Waals surface area contributed by atoms with Crippen molar-refractivity contribution >= 4 is 49.3 Å². The fourth-order valence-corrected chi connectivity index (χ4v) is 2.43. The first-order chi connectivity index (χ1) is 9.51. The van der Waals surface area contributed by atoms with Gasteiger partial charge in [0, 0.05) is 10.0 Å². The summed E-state index contributed by atoms with van der Waals surface area (Å²) < 4.78 is 7.26. The van der Waals surface area contributed by atoms with Crippen LogP contribution in [0.3, 0.4) is 0 Å². The van der Waals surface area contributed by atoms with E-state index in [1.807, 2.05) is 6.07 Å². The maximum Gasteiger partial charge on any atom is 0.170 e. The lowest BCUT2D eigenvalue weighted by atomic mass is 10.2. The van der Waals surface area contributed by atoms with Crippen molar-refractivity contribution < 1.29 is 9.94 Å². The summed E-state index contributed by atoms with van der Waals surface area (Å²) in [7, 11) is 0. The lowest BCUT2D eigenvalue weighted by molar-refractivity contribution is 0.318. The van der Waals surface area contributed by atoms with Crippen molar-refractivity contribution in [3.63, 3.8) is 0 Å². The average molecular weight is 420 g/mol. The molecule has 4 nitrogen and oxygen atoms in total. The van der Waals surface area contributed by atoms with E-state index < -0.39 is 0 Å². The summed E-state index contributed by atoms with van der Waals surface area (Å²) in [5.41, 5.74) is 6.10. The predicted octanol–water partition coefficient (Wildman–Crippen LogP) is 4.75. The summed E-state index contributed by atoms with van der Waals surface area (Å²) in [5.74, 6) is 1.12. The topological polar surface area (TPSA) is 67.8 Å². The molecule has 104 valence electrons. The van der Waals surface area contributed by atoms with Gasteiger partial charge in [-0.3, -0.25) is 0 Å². The largest absolute Gasteiger partial charge is 0.455 e. The number of ether oxygens (including phenoxy) is 1. The van der Waals surface area contributed by atoms with Gasteiger partial charge in [0.1, 0.15) is 11.5 Å². The Morgan fingerprint density at radius 1 is 1.15 bits per heavy atom. The molecule has 0 saturated carbocycles. The molecule has 0 atom stereocenters. The Hall–Kier alpha value is -1.24. The zero-order valence-electron chi connectivity index (χ0n) is 9.98. The van der Waals surface area contributed by atoms with Crippen molar-refractivity contribution in [3.8, 4) is 11.5 Å². The van der Waals surface area contributed by atoms with E-state index in [0.717, 1.165) is 4.47 Å². The Kier molecular flexibility index (Phi) is 4.91. The molecule has 2 rings (SSSR count). The van der Waals surface area contributed by atoms with Crippen LogP contribution < -0.4 is 10.5 Å². The summed E-state index contributed by atoms with van der Waals surface area (Å²) in [6.45, 7) is 0. The van der Waals surface area contributed by atoms with E-state index in [9.17, 15) is 0 Å². The summed E-state index contributed by atoms with van der Waals surface area (Å²) >= 11 is 12.8. The van der Waals surface area contributed by atoms with Gasteiger partial charge in [-0.15, -0.1) is 0 Å². The first-order valence-corrected chi connectivity index (χ1v) is 7.38. The molecule has 0 fully saturated rings. The van der Waals surface area contributed by atoms with Gasteiger partial charge >= 0.3 is 0 Å².